The summed E-state index contributed by atoms with van der Waals surface area (Å²) in [5.74, 6) is -2.70. The van der Waals surface area contributed by atoms with Crippen LogP contribution in [0.2, 0.25) is 0 Å². The van der Waals surface area contributed by atoms with E-state index in [0.29, 0.717) is 23.2 Å². The number of aromatic nitrogens is 2. The summed E-state index contributed by atoms with van der Waals surface area (Å²) in [6.45, 7) is 0.304. The number of nitrogens with one attached hydrogen (secondary N) is 2. The van der Waals surface area contributed by atoms with Gasteiger partial charge in [-0.1, -0.05) is 6.07 Å². The Morgan fingerprint density at radius 3 is 2.52 bits per heavy atom. The first kappa shape index (κ1) is 20.2. The van der Waals surface area contributed by atoms with Gasteiger partial charge in [0.2, 0.25) is 0 Å². The lowest BCUT2D eigenvalue weighted by Crippen LogP contribution is -2.22. The average Bonchev–Trinajstić information content (AvgIpc) is 2.78. The Balaban J connectivity index is 1.64. The van der Waals surface area contributed by atoms with Crippen LogP contribution in [-0.2, 0) is 13.0 Å². The number of hydrogen-bond acceptors (Lipinski definition) is 4. The van der Waals surface area contributed by atoms with Crippen LogP contribution in [0.4, 0.5) is 8.78 Å². The summed E-state index contributed by atoms with van der Waals surface area (Å²) in [6.07, 6.45) is 3.15. The van der Waals surface area contributed by atoms with Crippen molar-refractivity contribution >= 4 is 16.8 Å². The number of H-pyrrole nitrogens is 1. The van der Waals surface area contributed by atoms with Gasteiger partial charge >= 0.3 is 0 Å². The lowest BCUT2D eigenvalue weighted by atomic mass is 10.0. The van der Waals surface area contributed by atoms with Crippen molar-refractivity contribution in [3.8, 4) is 5.75 Å². The molecule has 0 atom stereocenters. The Hall–Kier alpha value is -4.07. The second-order valence-corrected chi connectivity index (χ2v) is 7.01. The molecule has 0 spiro atoms. The Morgan fingerprint density at radius 1 is 1.00 bits per heavy atom. The number of hydrogen-bond donors (Lipinski definition) is 3. The van der Waals surface area contributed by atoms with Crippen LogP contribution < -0.4 is 10.9 Å². The lowest BCUT2D eigenvalue weighted by molar-refractivity contribution is 0.0951. The van der Waals surface area contributed by atoms with Gasteiger partial charge in [0.05, 0.1) is 11.1 Å². The van der Waals surface area contributed by atoms with E-state index in [-0.39, 0.29) is 29.0 Å². The van der Waals surface area contributed by atoms with Crippen molar-refractivity contribution in [2.45, 2.75) is 13.0 Å². The molecule has 0 unspecified atom stereocenters. The van der Waals surface area contributed by atoms with Crippen molar-refractivity contribution in [2.24, 2.45) is 0 Å². The molecule has 0 aliphatic carbocycles. The predicted molar refractivity (Wildman–Crippen MR) is 111 cm³/mol. The first-order valence-corrected chi connectivity index (χ1v) is 9.41. The normalized spacial score (nSPS) is 10.9. The van der Waals surface area contributed by atoms with Gasteiger partial charge in [0, 0.05) is 36.3 Å². The number of benzene rings is 2. The third-order valence-electron chi connectivity index (χ3n) is 4.91. The maximum Gasteiger partial charge on any atom is 0.255 e. The molecular weight excluding hydrogens is 404 g/mol. The Bertz CT molecular complexity index is 1340. The quantitative estimate of drug-likeness (QED) is 0.460. The number of amides is 1. The topological polar surface area (TPSA) is 95.1 Å². The summed E-state index contributed by atoms with van der Waals surface area (Å²) in [6, 6.07) is 11.4. The monoisotopic (exact) mass is 421 g/mol. The smallest absolute Gasteiger partial charge is 0.255 e. The molecule has 156 valence electrons. The van der Waals surface area contributed by atoms with E-state index in [9.17, 15) is 23.5 Å². The molecule has 31 heavy (non-hydrogen) atoms. The summed E-state index contributed by atoms with van der Waals surface area (Å²) in [4.78, 5) is 31.5. The number of pyridine rings is 2. The van der Waals surface area contributed by atoms with E-state index < -0.39 is 17.2 Å². The van der Waals surface area contributed by atoms with Crippen LogP contribution in [0.1, 0.15) is 27.0 Å². The van der Waals surface area contributed by atoms with Gasteiger partial charge in [-0.15, -0.1) is 0 Å². The van der Waals surface area contributed by atoms with Crippen molar-refractivity contribution in [1.82, 2.24) is 15.3 Å². The number of aromatic amines is 1. The molecule has 0 radical (unpaired) electrons. The van der Waals surface area contributed by atoms with Gasteiger partial charge < -0.3 is 15.4 Å². The van der Waals surface area contributed by atoms with E-state index in [1.165, 1.54) is 24.3 Å². The van der Waals surface area contributed by atoms with Crippen LogP contribution in [0.5, 0.6) is 5.75 Å². The Morgan fingerprint density at radius 2 is 1.77 bits per heavy atom. The van der Waals surface area contributed by atoms with Crippen molar-refractivity contribution in [2.75, 3.05) is 0 Å². The lowest BCUT2D eigenvalue weighted by Gasteiger charge is -2.10. The van der Waals surface area contributed by atoms with Crippen LogP contribution >= 0.6 is 0 Å². The van der Waals surface area contributed by atoms with E-state index in [1.54, 1.807) is 24.5 Å². The van der Waals surface area contributed by atoms with Crippen LogP contribution in [0, 0.1) is 11.6 Å². The fourth-order valence-electron chi connectivity index (χ4n) is 3.26. The van der Waals surface area contributed by atoms with Crippen molar-refractivity contribution in [3.05, 3.63) is 105 Å². The second-order valence-electron chi connectivity index (χ2n) is 7.01. The largest absolute Gasteiger partial charge is 0.507 e. The van der Waals surface area contributed by atoms with E-state index in [0.717, 1.165) is 17.7 Å². The summed E-state index contributed by atoms with van der Waals surface area (Å²) < 4.78 is 26.7. The fraction of sp³-hybridized carbons (Fsp3) is 0.0870. The number of carbonyl (C=O) groups is 1. The molecule has 2 heterocycles. The first-order valence-electron chi connectivity index (χ1n) is 9.41. The summed E-state index contributed by atoms with van der Waals surface area (Å²) >= 11 is 0. The molecule has 0 saturated heterocycles. The summed E-state index contributed by atoms with van der Waals surface area (Å²) in [5, 5.41) is 13.8. The highest BCUT2D eigenvalue weighted by molar-refractivity contribution is 5.99. The maximum absolute atomic E-state index is 13.5. The van der Waals surface area contributed by atoms with E-state index >= 15 is 0 Å². The zero-order chi connectivity index (χ0) is 22.0. The van der Waals surface area contributed by atoms with Gasteiger partial charge in [0.15, 0.2) is 11.6 Å². The molecule has 3 N–H and O–H groups in total. The van der Waals surface area contributed by atoms with Crippen molar-refractivity contribution < 1.29 is 18.7 Å². The zero-order valence-corrected chi connectivity index (χ0v) is 16.2. The molecule has 0 aliphatic heterocycles. The Kier molecular flexibility index (Phi) is 5.44. The van der Waals surface area contributed by atoms with Gasteiger partial charge in [-0.2, -0.15) is 0 Å². The number of aromatic hydroxyl groups is 1. The minimum Gasteiger partial charge on any atom is -0.507 e. The third-order valence-corrected chi connectivity index (χ3v) is 4.91. The first-order chi connectivity index (χ1) is 14.9. The van der Waals surface area contributed by atoms with Gasteiger partial charge in [0.1, 0.15) is 5.75 Å². The average molecular weight is 421 g/mol. The van der Waals surface area contributed by atoms with E-state index in [4.69, 9.17) is 0 Å². The number of rotatable bonds is 5. The molecule has 2 aromatic heterocycles. The van der Waals surface area contributed by atoms with Crippen LogP contribution in [-0.4, -0.2) is 21.0 Å². The molecule has 6 nitrogen and oxygen atoms in total. The molecule has 4 rings (SSSR count). The Labute approximate surface area is 175 Å². The minimum absolute atomic E-state index is 0.00662. The van der Waals surface area contributed by atoms with Crippen LogP contribution in [0.3, 0.4) is 0 Å². The molecule has 2 aromatic carbocycles. The molecule has 4 aromatic rings. The number of fused-ring (bicyclic) bond motifs is 1. The van der Waals surface area contributed by atoms with E-state index in [1.807, 2.05) is 0 Å². The third kappa shape index (κ3) is 4.28. The highest BCUT2D eigenvalue weighted by atomic mass is 19.2. The zero-order valence-electron chi connectivity index (χ0n) is 16.2. The molecule has 1 amide bonds. The van der Waals surface area contributed by atoms with Gasteiger partial charge in [0.25, 0.3) is 11.5 Å². The molecule has 0 fully saturated rings. The highest BCUT2D eigenvalue weighted by Crippen LogP contribution is 2.27. The minimum atomic E-state index is -1.04. The maximum atomic E-state index is 13.5. The van der Waals surface area contributed by atoms with Gasteiger partial charge in [-0.3, -0.25) is 14.6 Å². The van der Waals surface area contributed by atoms with Crippen molar-refractivity contribution in [1.29, 1.82) is 0 Å². The standard InChI is InChI=1S/C23H17F2N3O3/c24-18-3-1-14(10-19(18)25)9-17-21(29)16-11-15(2-4-20(16)28-23(17)31)22(30)27-12-13-5-7-26-8-6-13/h1-8,10-11H,9,12H2,(H,27,30)(H2,28,29,31). The number of halogens is 2. The summed E-state index contributed by atoms with van der Waals surface area (Å²) in [7, 11) is 0. The number of nitrogens with zero attached hydrogens (tertiary/aromatic N) is 1. The molecule has 0 aliphatic rings. The predicted octanol–water partition coefficient (Wildman–Crippen LogP) is 3.43. The fourth-order valence-corrected chi connectivity index (χ4v) is 3.26. The van der Waals surface area contributed by atoms with Gasteiger partial charge in [-0.25, -0.2) is 8.78 Å². The highest BCUT2D eigenvalue weighted by Gasteiger charge is 2.16. The van der Waals surface area contributed by atoms with E-state index in [2.05, 4.69) is 15.3 Å². The molecule has 8 heteroatoms. The number of carbonyl (C=O) groups excluding carboxylic acids is 1. The molecular formula is C23H17F2N3O3. The molecule has 0 saturated carbocycles. The van der Waals surface area contributed by atoms with Gasteiger partial charge in [-0.05, 0) is 53.6 Å². The SMILES string of the molecule is O=C(NCc1ccncc1)c1ccc2[nH]c(=O)c(Cc3ccc(F)c(F)c3)c(O)c2c1. The van der Waals surface area contributed by atoms with Crippen molar-refractivity contribution in [3.63, 3.8) is 0 Å². The summed E-state index contributed by atoms with van der Waals surface area (Å²) in [5.41, 5.74) is 1.29. The molecule has 0 bridgehead atoms. The van der Waals surface area contributed by atoms with Crippen LogP contribution in [0.25, 0.3) is 10.9 Å². The second kappa shape index (κ2) is 8.35. The van der Waals surface area contributed by atoms with Crippen LogP contribution in [0.15, 0.2) is 65.7 Å².